The van der Waals surface area contributed by atoms with Gasteiger partial charge in [0.1, 0.15) is 42.0 Å². The summed E-state index contributed by atoms with van der Waals surface area (Å²) < 4.78 is 83.2. The number of hydrogen-bond donors (Lipinski definition) is 0. The maximum absolute atomic E-state index is 12.4. The van der Waals surface area contributed by atoms with E-state index in [1.54, 1.807) is 135 Å². The molecule has 1 unspecified atom stereocenters. The standard InChI is InChI=1S/C42H35N8O2.C33H34ClN2O5S2.CHF3O3S/c1-4-52-42(51)50-25-23-49(24-26-50)40-33(17-11-19-35(27-43)38(37(29-45)30-46)31-13-7-5-8-14-31)21-22-34(40)18-12-20-36(28-44)39(41(47-2)48-3)32-15-9-6-10-16-32;1-20(37)39-23-12-14-27-25(18-23)35(5)29(42-27)16-10-21-8-7-9-22(31(21)34)11-17-30-36(6)26-19-24(13-15-28(26)43-30)40-32(38)41-33(2,3)4;2-1(3,4)8(5,6)7/h5-20,29,37H,4,21-26H2,1H3;10-19H,7-9H2,1-6H3;(H,5,6,7)/q-1;+1;/p-1/b18-12+,19-11+,33-17+,36-20+,38-35-;;. The second-order valence-electron chi connectivity index (χ2n) is 23.7. The number of aryl methyl sites for hydroxylation is 1. The average molecular weight is 1470 g/mol. The Labute approximate surface area is 609 Å². The molecule has 0 spiro atoms. The largest absolute Gasteiger partial charge is 0.813 e. The van der Waals surface area contributed by atoms with Gasteiger partial charge in [0.15, 0.2) is 10.1 Å². The van der Waals surface area contributed by atoms with Crippen LogP contribution in [0.5, 0.6) is 11.5 Å². The van der Waals surface area contributed by atoms with E-state index in [4.69, 9.17) is 56.7 Å². The second kappa shape index (κ2) is 36.5. The monoisotopic (exact) mass is 1470 g/mol. The quantitative estimate of drug-likeness (QED) is 0.00849. The summed E-state index contributed by atoms with van der Waals surface area (Å²) >= 11 is 10.3. The van der Waals surface area contributed by atoms with E-state index >= 15 is 0 Å². The molecule has 20 nitrogen and oxygen atoms in total. The normalized spacial score (nSPS) is 16.6. The van der Waals surface area contributed by atoms with Crippen molar-refractivity contribution in [1.82, 2.24) is 9.80 Å². The zero-order valence-corrected chi connectivity index (χ0v) is 60.2. The maximum Gasteiger partial charge on any atom is 0.528 e. The summed E-state index contributed by atoms with van der Waals surface area (Å²) in [7, 11) is -2.09. The fourth-order valence-corrected chi connectivity index (χ4v) is 13.3. The number of piperazine rings is 1. The number of halogens is 4. The van der Waals surface area contributed by atoms with E-state index in [0.717, 1.165) is 89.3 Å². The number of benzene rings is 4. The number of fused-ring (bicyclic) bond motifs is 2. The minimum atomic E-state index is -6.09. The summed E-state index contributed by atoms with van der Waals surface area (Å²) in [5.41, 5.74) is 3.22. The minimum absolute atomic E-state index is 0.187. The number of nitriles is 3. The predicted octanol–water partition coefficient (Wildman–Crippen LogP) is 17.0. The molecule has 2 aliphatic carbocycles. The number of carbonyl (C=O) groups excluding carboxylic acids is 3. The number of thioether (sulfide) groups is 1. The Hall–Kier alpha value is -11.0. The van der Waals surface area contributed by atoms with Crippen molar-refractivity contribution in [2.75, 3.05) is 44.7 Å². The highest BCUT2D eigenvalue weighted by Gasteiger charge is 2.37. The van der Waals surface area contributed by atoms with Crippen LogP contribution < -0.4 is 18.9 Å². The fraction of sp³-hybridized carbons (Fsp3) is 0.263. The third-order valence-electron chi connectivity index (χ3n) is 15.6. The third kappa shape index (κ3) is 21.5. The molecule has 5 aromatic rings. The van der Waals surface area contributed by atoms with Crippen molar-refractivity contribution < 1.29 is 64.0 Å². The summed E-state index contributed by atoms with van der Waals surface area (Å²) in [6, 6.07) is 35.6. The third-order valence-corrected chi connectivity index (χ3v) is 19.0. The number of carbonyl (C=O) groups is 3. The van der Waals surface area contributed by atoms with Crippen LogP contribution in [0.25, 0.3) is 42.5 Å². The van der Waals surface area contributed by atoms with Gasteiger partial charge in [-0.2, -0.15) is 49.4 Å². The van der Waals surface area contributed by atoms with Gasteiger partial charge < -0.3 is 43.6 Å². The molecule has 3 heterocycles. The topological polar surface area (TPSA) is 261 Å². The first-order valence-corrected chi connectivity index (χ1v) is 35.2. The van der Waals surface area contributed by atoms with Gasteiger partial charge in [-0.1, -0.05) is 132 Å². The molecule has 0 radical (unpaired) electrons. The minimum Gasteiger partial charge on any atom is -0.813 e. The molecular formula is C76H69ClF3N10O10S3-. The van der Waals surface area contributed by atoms with Crippen LogP contribution in [-0.4, -0.2) is 98.1 Å². The van der Waals surface area contributed by atoms with Gasteiger partial charge in [0.25, 0.3) is 5.01 Å². The molecule has 1 atom stereocenters. The number of alkyl halides is 3. The lowest BCUT2D eigenvalue weighted by Crippen LogP contribution is -2.48. The molecule has 1 fully saturated rings. The number of amides is 1. The van der Waals surface area contributed by atoms with Crippen molar-refractivity contribution in [3.05, 3.63) is 251 Å². The Morgan fingerprint density at radius 1 is 0.825 bits per heavy atom. The molecule has 9 rings (SSSR count). The second-order valence-corrected chi connectivity index (χ2v) is 27.6. The molecule has 0 bridgehead atoms. The maximum atomic E-state index is 12.4. The van der Waals surface area contributed by atoms with Crippen LogP contribution in [0.1, 0.15) is 82.9 Å². The zero-order valence-electron chi connectivity index (χ0n) is 57.0. The number of ether oxygens (including phenoxy) is 4. The summed E-state index contributed by atoms with van der Waals surface area (Å²) in [6.07, 6.45) is 23.0. The Morgan fingerprint density at radius 3 is 2.07 bits per heavy atom. The number of esters is 1. The van der Waals surface area contributed by atoms with Gasteiger partial charge in [-0.25, -0.2) is 18.0 Å². The van der Waals surface area contributed by atoms with E-state index in [9.17, 15) is 48.7 Å². The lowest BCUT2D eigenvalue weighted by Gasteiger charge is -2.37. The van der Waals surface area contributed by atoms with Gasteiger partial charge in [-0.3, -0.25) is 4.79 Å². The number of aromatic nitrogens is 1. The molecule has 1 saturated heterocycles. The highest BCUT2D eigenvalue weighted by atomic mass is 35.5. The van der Waals surface area contributed by atoms with Crippen molar-refractivity contribution in [3.8, 4) is 29.7 Å². The van der Waals surface area contributed by atoms with Crippen LogP contribution >= 0.6 is 34.7 Å². The van der Waals surface area contributed by atoms with Crippen LogP contribution in [-0.2, 0) is 31.4 Å². The van der Waals surface area contributed by atoms with Gasteiger partial charge in [0.2, 0.25) is 5.52 Å². The number of thiazole rings is 1. The van der Waals surface area contributed by atoms with Gasteiger partial charge >= 0.3 is 29.5 Å². The summed E-state index contributed by atoms with van der Waals surface area (Å²) in [5, 5.41) is 42.7. The number of rotatable bonds is 16. The van der Waals surface area contributed by atoms with Crippen molar-refractivity contribution in [3.63, 3.8) is 0 Å². The molecule has 0 N–H and O–H groups in total. The fourth-order valence-electron chi connectivity index (χ4n) is 10.9. The molecule has 103 heavy (non-hydrogen) atoms. The molecule has 4 aromatic carbocycles. The highest BCUT2D eigenvalue weighted by Crippen LogP contribution is 2.47. The predicted molar refractivity (Wildman–Crippen MR) is 390 cm³/mol. The number of anilines is 1. The van der Waals surface area contributed by atoms with Crippen molar-refractivity contribution in [1.29, 1.82) is 15.8 Å². The van der Waals surface area contributed by atoms with E-state index < -0.39 is 33.3 Å². The van der Waals surface area contributed by atoms with Gasteiger partial charge in [-0.05, 0) is 141 Å². The van der Waals surface area contributed by atoms with Crippen molar-refractivity contribution in [2.24, 2.45) is 13.0 Å². The molecular weight excluding hydrogens is 1400 g/mol. The van der Waals surface area contributed by atoms with Crippen LogP contribution in [0.2, 0.25) is 0 Å². The van der Waals surface area contributed by atoms with E-state index in [-0.39, 0.29) is 34.6 Å². The zero-order chi connectivity index (χ0) is 75.2. The number of nitrogens with zero attached hydrogens (tertiary/aromatic N) is 10. The smallest absolute Gasteiger partial charge is 0.528 e. The SMILES string of the molecule is CC(=O)Oc1ccc2c(c1)N(C)C(=CC=C1CCCC(C=Cc3sc4ccc(OC(=O)OC(C)(C)C)cc4[n+]3C)=C1Cl)S2.O=S(=O)([O-])C(F)(F)F.[C-]#[N+]C([N+]#[C-])=C(/C(C#N)=C/C=C/C1=C(N2CCN(C(=O)OCC)CC2)C(=C/C=C/C(C#N)=C(\c2ccccc2)C(C#N)C=[N-])/CC1)c1ccccc1. The van der Waals surface area contributed by atoms with Gasteiger partial charge in [-0.15, -0.1) is 0 Å². The van der Waals surface area contributed by atoms with E-state index in [2.05, 4.69) is 66.6 Å². The van der Waals surface area contributed by atoms with Gasteiger partial charge in [0.05, 0.1) is 64.2 Å². The first-order chi connectivity index (χ1) is 49.1. The molecule has 2 aliphatic heterocycles. The summed E-state index contributed by atoms with van der Waals surface area (Å²) in [6.45, 7) is 26.0. The van der Waals surface area contributed by atoms with Crippen LogP contribution in [0.4, 0.5) is 28.4 Å². The van der Waals surface area contributed by atoms with Crippen molar-refractivity contribution >= 4 is 102 Å². The van der Waals surface area contributed by atoms with Crippen LogP contribution in [0, 0.1) is 53.1 Å². The number of hydrogen-bond acceptors (Lipinski definition) is 17. The first-order valence-electron chi connectivity index (χ1n) is 31.8. The molecule has 4 aliphatic rings. The molecule has 1 aromatic heterocycles. The van der Waals surface area contributed by atoms with Crippen LogP contribution in [0.15, 0.2) is 212 Å². The average Bonchev–Trinajstić information content (AvgIpc) is 1.68. The Balaban J connectivity index is 0.000000264. The summed E-state index contributed by atoms with van der Waals surface area (Å²) in [4.78, 5) is 49.8. The molecule has 27 heteroatoms. The number of allylic oxidation sites excluding steroid dienone is 18. The Kier molecular flexibility index (Phi) is 28.1. The first kappa shape index (κ1) is 79.3. The Bertz CT molecular complexity index is 4770. The van der Waals surface area contributed by atoms with E-state index in [0.29, 0.717) is 73.8 Å². The lowest BCUT2D eigenvalue weighted by atomic mass is 9.90. The highest BCUT2D eigenvalue weighted by molar-refractivity contribution is 8.03. The Morgan fingerprint density at radius 2 is 1.48 bits per heavy atom. The lowest BCUT2D eigenvalue weighted by molar-refractivity contribution is -0.642. The van der Waals surface area contributed by atoms with Gasteiger partial charge in [0, 0.05) is 67.9 Å². The molecule has 0 saturated carbocycles. The van der Waals surface area contributed by atoms with E-state index in [1.807, 2.05) is 68.7 Å². The van der Waals surface area contributed by atoms with Crippen molar-refractivity contribution in [2.45, 2.75) is 82.7 Å². The summed E-state index contributed by atoms with van der Waals surface area (Å²) in [5.74, 6) is -0.560. The molecule has 1 amide bonds. The van der Waals surface area contributed by atoms with E-state index in [1.165, 1.54) is 6.92 Å². The molecule has 530 valence electrons. The van der Waals surface area contributed by atoms with Crippen LogP contribution in [0.3, 0.4) is 0 Å².